The Balaban J connectivity index is 2.15. The first-order chi connectivity index (χ1) is 9.95. The zero-order valence-electron chi connectivity index (χ0n) is 12.4. The molecule has 116 valence electrons. The van der Waals surface area contributed by atoms with Gasteiger partial charge >= 0.3 is 6.61 Å². The van der Waals surface area contributed by atoms with Crippen molar-refractivity contribution in [1.29, 1.82) is 0 Å². The smallest absolute Gasteiger partial charge is 0.387 e. The summed E-state index contributed by atoms with van der Waals surface area (Å²) in [5, 5.41) is 3.12. The average molecular weight is 297 g/mol. The number of hydrogen-bond donors (Lipinski definition) is 1. The highest BCUT2D eigenvalue weighted by molar-refractivity contribution is 5.97. The predicted octanol–water partition coefficient (Wildman–Crippen LogP) is 4.34. The Kier molecular flexibility index (Phi) is 5.15. The van der Waals surface area contributed by atoms with E-state index in [0.717, 1.165) is 19.4 Å². The van der Waals surface area contributed by atoms with E-state index in [0.29, 0.717) is 23.6 Å². The van der Waals surface area contributed by atoms with E-state index >= 15 is 0 Å². The maximum absolute atomic E-state index is 12.4. The topological polar surface area (TPSA) is 38.3 Å². The van der Waals surface area contributed by atoms with Gasteiger partial charge in [-0.25, -0.2) is 0 Å². The largest absolute Gasteiger partial charge is 0.433 e. The first kappa shape index (κ1) is 15.7. The van der Waals surface area contributed by atoms with Crippen LogP contribution in [-0.2, 0) is 0 Å². The molecule has 3 nitrogen and oxygen atoms in total. The molecule has 1 aromatic carbocycles. The highest BCUT2D eigenvalue weighted by atomic mass is 19.3. The Morgan fingerprint density at radius 2 is 2.10 bits per heavy atom. The van der Waals surface area contributed by atoms with E-state index in [2.05, 4.69) is 10.1 Å². The van der Waals surface area contributed by atoms with Crippen LogP contribution in [-0.4, -0.2) is 18.9 Å². The number of rotatable bonds is 8. The Morgan fingerprint density at radius 1 is 1.38 bits per heavy atom. The van der Waals surface area contributed by atoms with Crippen molar-refractivity contribution in [1.82, 2.24) is 0 Å². The van der Waals surface area contributed by atoms with Crippen LogP contribution in [0.4, 0.5) is 14.5 Å². The summed E-state index contributed by atoms with van der Waals surface area (Å²) in [5.41, 5.74) is 1.00. The third-order valence-electron chi connectivity index (χ3n) is 3.39. The predicted molar refractivity (Wildman–Crippen MR) is 78.1 cm³/mol. The second-order valence-corrected chi connectivity index (χ2v) is 5.93. The minimum absolute atomic E-state index is 0.0167. The van der Waals surface area contributed by atoms with Crippen molar-refractivity contribution in [2.24, 2.45) is 11.8 Å². The van der Waals surface area contributed by atoms with E-state index in [9.17, 15) is 13.6 Å². The minimum atomic E-state index is -2.87. The van der Waals surface area contributed by atoms with Crippen LogP contribution in [0.2, 0.25) is 0 Å². The molecule has 0 atom stereocenters. The molecule has 0 unspecified atom stereocenters. The molecule has 1 fully saturated rings. The molecule has 0 amide bonds. The van der Waals surface area contributed by atoms with Crippen LogP contribution in [0.1, 0.15) is 43.5 Å². The Hall–Kier alpha value is -1.65. The summed E-state index contributed by atoms with van der Waals surface area (Å²) in [4.78, 5) is 12.1. The quantitative estimate of drug-likeness (QED) is 0.725. The molecule has 0 saturated heterocycles. The van der Waals surface area contributed by atoms with Gasteiger partial charge in [0.15, 0.2) is 5.78 Å². The fourth-order valence-electron chi connectivity index (χ4n) is 2.11. The van der Waals surface area contributed by atoms with Crippen LogP contribution in [0.3, 0.4) is 0 Å². The van der Waals surface area contributed by atoms with Crippen molar-refractivity contribution < 1.29 is 18.3 Å². The maximum atomic E-state index is 12.4. The van der Waals surface area contributed by atoms with E-state index in [-0.39, 0.29) is 17.5 Å². The van der Waals surface area contributed by atoms with Crippen molar-refractivity contribution in [3.63, 3.8) is 0 Å². The third kappa shape index (κ3) is 4.99. The molecule has 0 heterocycles. The fraction of sp³-hybridized carbons (Fsp3) is 0.562. The highest BCUT2D eigenvalue weighted by Gasteiger charge is 2.22. The van der Waals surface area contributed by atoms with Gasteiger partial charge in [0.1, 0.15) is 5.75 Å². The molecule has 1 aliphatic rings. The summed E-state index contributed by atoms with van der Waals surface area (Å²) in [7, 11) is 0. The Bertz CT molecular complexity index is 499. The number of anilines is 1. The van der Waals surface area contributed by atoms with Crippen molar-refractivity contribution >= 4 is 11.5 Å². The number of alkyl halides is 2. The molecular weight excluding hydrogens is 276 g/mol. The lowest BCUT2D eigenvalue weighted by Gasteiger charge is -2.14. The zero-order chi connectivity index (χ0) is 15.4. The van der Waals surface area contributed by atoms with Gasteiger partial charge < -0.3 is 10.1 Å². The number of carbonyl (C=O) groups excluding carboxylic acids is 1. The molecule has 0 bridgehead atoms. The van der Waals surface area contributed by atoms with Crippen molar-refractivity contribution in [3.8, 4) is 5.75 Å². The molecule has 0 aromatic heterocycles. The number of nitrogens with one attached hydrogen (secondary N) is 1. The van der Waals surface area contributed by atoms with Gasteiger partial charge in [0, 0.05) is 18.5 Å². The van der Waals surface area contributed by atoms with Crippen molar-refractivity contribution in [3.05, 3.63) is 23.8 Å². The third-order valence-corrected chi connectivity index (χ3v) is 3.39. The molecule has 0 radical (unpaired) electrons. The second-order valence-electron chi connectivity index (χ2n) is 5.93. The molecule has 0 spiro atoms. The molecule has 1 N–H and O–H groups in total. The van der Waals surface area contributed by atoms with Crippen LogP contribution in [0.5, 0.6) is 5.75 Å². The van der Waals surface area contributed by atoms with E-state index in [4.69, 9.17) is 0 Å². The van der Waals surface area contributed by atoms with E-state index in [1.165, 1.54) is 6.07 Å². The number of Topliss-reactive ketones (excluding diaryl/α,β-unsaturated/α-hetero) is 1. The van der Waals surface area contributed by atoms with Gasteiger partial charge in [-0.1, -0.05) is 13.8 Å². The summed E-state index contributed by atoms with van der Waals surface area (Å²) in [6.07, 6.45) is 2.76. The van der Waals surface area contributed by atoms with Gasteiger partial charge in [-0.3, -0.25) is 4.79 Å². The SMILES string of the molecule is CC(C)CC(=O)c1ccc(OC(F)F)c(NCC2CC2)c1. The van der Waals surface area contributed by atoms with E-state index < -0.39 is 6.61 Å². The molecule has 2 rings (SSSR count). The van der Waals surface area contributed by atoms with Crippen LogP contribution in [0.25, 0.3) is 0 Å². The highest BCUT2D eigenvalue weighted by Crippen LogP contribution is 2.32. The molecule has 1 saturated carbocycles. The molecule has 1 aliphatic carbocycles. The summed E-state index contributed by atoms with van der Waals surface area (Å²) in [6, 6.07) is 4.60. The van der Waals surface area contributed by atoms with Crippen molar-refractivity contribution in [2.45, 2.75) is 39.7 Å². The number of ketones is 1. The normalized spacial score (nSPS) is 14.6. The number of carbonyl (C=O) groups is 1. The Morgan fingerprint density at radius 3 is 2.67 bits per heavy atom. The lowest BCUT2D eigenvalue weighted by atomic mass is 10.0. The summed E-state index contributed by atoms with van der Waals surface area (Å²) in [6.45, 7) is 1.79. The Labute approximate surface area is 123 Å². The second kappa shape index (κ2) is 6.87. The number of ether oxygens (including phenoxy) is 1. The van der Waals surface area contributed by atoms with Crippen LogP contribution >= 0.6 is 0 Å². The first-order valence-corrected chi connectivity index (χ1v) is 7.31. The van der Waals surface area contributed by atoms with Crippen LogP contribution in [0, 0.1) is 11.8 Å². The van der Waals surface area contributed by atoms with Gasteiger partial charge in [-0.05, 0) is 42.9 Å². The number of halogens is 2. The molecule has 21 heavy (non-hydrogen) atoms. The minimum Gasteiger partial charge on any atom is -0.433 e. The summed E-state index contributed by atoms with van der Waals surface area (Å²) >= 11 is 0. The van der Waals surface area contributed by atoms with Crippen LogP contribution in [0.15, 0.2) is 18.2 Å². The molecular formula is C16H21F2NO2. The summed E-state index contributed by atoms with van der Waals surface area (Å²) in [5.74, 6) is 0.964. The standard InChI is InChI=1S/C16H21F2NO2/c1-10(2)7-14(20)12-5-6-15(21-16(17)18)13(8-12)19-9-11-3-4-11/h5-6,8,10-11,16,19H,3-4,7,9H2,1-2H3. The van der Waals surface area contributed by atoms with Gasteiger partial charge in [0.2, 0.25) is 0 Å². The number of benzene rings is 1. The lowest BCUT2D eigenvalue weighted by Crippen LogP contribution is -2.10. The lowest BCUT2D eigenvalue weighted by molar-refractivity contribution is -0.0493. The van der Waals surface area contributed by atoms with Gasteiger partial charge in [0.25, 0.3) is 0 Å². The number of hydrogen-bond acceptors (Lipinski definition) is 3. The average Bonchev–Trinajstić information content (AvgIpc) is 3.20. The van der Waals surface area contributed by atoms with Gasteiger partial charge in [-0.15, -0.1) is 0 Å². The summed E-state index contributed by atoms with van der Waals surface area (Å²) < 4.78 is 29.4. The van der Waals surface area contributed by atoms with E-state index in [1.54, 1.807) is 12.1 Å². The molecule has 5 heteroatoms. The van der Waals surface area contributed by atoms with Gasteiger partial charge in [-0.2, -0.15) is 8.78 Å². The molecule has 1 aromatic rings. The van der Waals surface area contributed by atoms with E-state index in [1.807, 2.05) is 13.8 Å². The van der Waals surface area contributed by atoms with Crippen molar-refractivity contribution in [2.75, 3.05) is 11.9 Å². The van der Waals surface area contributed by atoms with Gasteiger partial charge in [0.05, 0.1) is 5.69 Å². The maximum Gasteiger partial charge on any atom is 0.387 e. The first-order valence-electron chi connectivity index (χ1n) is 7.31. The van der Waals surface area contributed by atoms with Crippen LogP contribution < -0.4 is 10.1 Å². The monoisotopic (exact) mass is 297 g/mol. The molecule has 0 aliphatic heterocycles. The fourth-order valence-corrected chi connectivity index (χ4v) is 2.11. The zero-order valence-corrected chi connectivity index (χ0v) is 12.4.